The average molecular weight is 201 g/mol. The molecule has 0 spiro atoms. The molecule has 1 aliphatic heterocycles. The molecule has 0 fully saturated rings. The molecule has 0 amide bonds. The number of para-hydroxylation sites is 2. The van der Waals surface area contributed by atoms with Gasteiger partial charge in [-0.3, -0.25) is 4.99 Å². The quantitative estimate of drug-likeness (QED) is 0.632. The number of hydrogen-bond donors (Lipinski definition) is 0. The first-order valence-corrected chi connectivity index (χ1v) is 3.94. The summed E-state index contributed by atoms with van der Waals surface area (Å²) in [6.07, 6.45) is -5.57. The predicted octanol–water partition coefficient (Wildman–Crippen LogP) is 2.71. The van der Waals surface area contributed by atoms with Crippen LogP contribution in [0.15, 0.2) is 29.3 Å². The molecule has 0 radical (unpaired) electrons. The van der Waals surface area contributed by atoms with Gasteiger partial charge in [-0.1, -0.05) is 12.1 Å². The summed E-state index contributed by atoms with van der Waals surface area (Å²) in [5.74, 6) is 0.164. The van der Waals surface area contributed by atoms with E-state index in [-0.39, 0.29) is 5.75 Å². The number of benzene rings is 1. The van der Waals surface area contributed by atoms with E-state index in [1.165, 1.54) is 6.07 Å². The Balaban J connectivity index is 2.30. The zero-order valence-corrected chi connectivity index (χ0v) is 6.95. The van der Waals surface area contributed by atoms with Crippen LogP contribution < -0.4 is 4.74 Å². The van der Waals surface area contributed by atoms with Gasteiger partial charge in [-0.2, -0.15) is 13.2 Å². The standard InChI is InChI=1S/C9H6F3NO/c10-9(11,12)8-5-13-6-3-1-2-4-7(6)14-8/h1-5,8H. The van der Waals surface area contributed by atoms with Gasteiger partial charge in [-0.05, 0) is 12.1 Å². The molecule has 14 heavy (non-hydrogen) atoms. The molecule has 0 saturated heterocycles. The molecule has 1 heterocycles. The maximum atomic E-state index is 12.2. The topological polar surface area (TPSA) is 21.6 Å². The molecular formula is C9H6F3NO. The minimum atomic E-state index is -4.41. The molecule has 1 atom stereocenters. The van der Waals surface area contributed by atoms with Gasteiger partial charge in [0.1, 0.15) is 11.4 Å². The Hall–Kier alpha value is -1.52. The molecule has 5 heteroatoms. The molecule has 0 saturated carbocycles. The minimum Gasteiger partial charge on any atom is -0.473 e. The van der Waals surface area contributed by atoms with Gasteiger partial charge in [0.2, 0.25) is 6.10 Å². The Kier molecular flexibility index (Phi) is 1.94. The summed E-state index contributed by atoms with van der Waals surface area (Å²) >= 11 is 0. The van der Waals surface area contributed by atoms with Crippen LogP contribution in [0.1, 0.15) is 0 Å². The van der Waals surface area contributed by atoms with Crippen LogP contribution in [0.4, 0.5) is 18.9 Å². The third-order valence-electron chi connectivity index (χ3n) is 1.79. The monoisotopic (exact) mass is 201 g/mol. The van der Waals surface area contributed by atoms with Crippen LogP contribution in [0.3, 0.4) is 0 Å². The zero-order chi connectivity index (χ0) is 10.2. The zero-order valence-electron chi connectivity index (χ0n) is 6.95. The molecule has 1 aromatic rings. The minimum absolute atomic E-state index is 0.164. The maximum absolute atomic E-state index is 12.2. The highest BCUT2D eigenvalue weighted by molar-refractivity contribution is 5.74. The number of aliphatic imine (C=N–C) groups is 1. The Morgan fingerprint density at radius 2 is 1.93 bits per heavy atom. The van der Waals surface area contributed by atoms with Gasteiger partial charge in [-0.25, -0.2) is 0 Å². The third-order valence-corrected chi connectivity index (χ3v) is 1.79. The van der Waals surface area contributed by atoms with Crippen molar-refractivity contribution < 1.29 is 17.9 Å². The van der Waals surface area contributed by atoms with Gasteiger partial charge in [-0.15, -0.1) is 0 Å². The number of alkyl halides is 3. The molecule has 1 aromatic carbocycles. The summed E-state index contributed by atoms with van der Waals surface area (Å²) in [4.78, 5) is 3.67. The second-order valence-electron chi connectivity index (χ2n) is 2.83. The lowest BCUT2D eigenvalue weighted by Gasteiger charge is -2.22. The summed E-state index contributed by atoms with van der Waals surface area (Å²) in [6, 6.07) is 6.35. The van der Waals surface area contributed by atoms with Crippen LogP contribution in [-0.4, -0.2) is 18.5 Å². The fourth-order valence-corrected chi connectivity index (χ4v) is 1.13. The van der Waals surface area contributed by atoms with Crippen molar-refractivity contribution in [2.45, 2.75) is 12.3 Å². The Labute approximate surface area is 78.0 Å². The second-order valence-corrected chi connectivity index (χ2v) is 2.83. The maximum Gasteiger partial charge on any atom is 0.430 e. The highest BCUT2D eigenvalue weighted by Crippen LogP contribution is 2.34. The van der Waals surface area contributed by atoms with Crippen LogP contribution in [0, 0.1) is 0 Å². The molecule has 74 valence electrons. The Bertz CT molecular complexity index is 373. The fourth-order valence-electron chi connectivity index (χ4n) is 1.13. The van der Waals surface area contributed by atoms with E-state index in [0.29, 0.717) is 5.69 Å². The normalized spacial score (nSPS) is 20.1. The van der Waals surface area contributed by atoms with Crippen molar-refractivity contribution in [3.05, 3.63) is 24.3 Å². The molecule has 0 aromatic heterocycles. The third kappa shape index (κ3) is 1.57. The van der Waals surface area contributed by atoms with Crippen LogP contribution in [0.5, 0.6) is 5.75 Å². The van der Waals surface area contributed by atoms with Crippen molar-refractivity contribution in [2.24, 2.45) is 4.99 Å². The SMILES string of the molecule is FC(F)(F)C1C=Nc2ccccc2O1. The summed E-state index contributed by atoms with van der Waals surface area (Å²) in [6.45, 7) is 0. The van der Waals surface area contributed by atoms with E-state index >= 15 is 0 Å². The number of halogens is 3. The first-order chi connectivity index (χ1) is 6.57. The van der Waals surface area contributed by atoms with Crippen LogP contribution in [0.25, 0.3) is 0 Å². The molecule has 2 nitrogen and oxygen atoms in total. The van der Waals surface area contributed by atoms with Crippen LogP contribution >= 0.6 is 0 Å². The smallest absolute Gasteiger partial charge is 0.430 e. The predicted molar refractivity (Wildman–Crippen MR) is 45.1 cm³/mol. The molecule has 0 bridgehead atoms. The summed E-state index contributed by atoms with van der Waals surface area (Å²) in [5, 5.41) is 0. The van der Waals surface area contributed by atoms with Gasteiger partial charge in [0, 0.05) is 0 Å². The summed E-state index contributed by atoms with van der Waals surface area (Å²) < 4.78 is 41.4. The van der Waals surface area contributed by atoms with Gasteiger partial charge < -0.3 is 4.74 Å². The van der Waals surface area contributed by atoms with Crippen LogP contribution in [0.2, 0.25) is 0 Å². The lowest BCUT2D eigenvalue weighted by atomic mass is 10.2. The molecule has 0 N–H and O–H groups in total. The molecule has 2 rings (SSSR count). The van der Waals surface area contributed by atoms with E-state index in [9.17, 15) is 13.2 Å². The number of fused-ring (bicyclic) bond motifs is 1. The molecule has 1 aliphatic rings. The molecule has 1 unspecified atom stereocenters. The van der Waals surface area contributed by atoms with Crippen molar-refractivity contribution >= 4 is 11.9 Å². The largest absolute Gasteiger partial charge is 0.473 e. The lowest BCUT2D eigenvalue weighted by Crippen LogP contribution is -2.36. The number of rotatable bonds is 0. The van der Waals surface area contributed by atoms with E-state index in [1.807, 2.05) is 0 Å². The number of nitrogens with zero attached hydrogens (tertiary/aromatic N) is 1. The number of hydrogen-bond acceptors (Lipinski definition) is 2. The first-order valence-electron chi connectivity index (χ1n) is 3.94. The summed E-state index contributed by atoms with van der Waals surface area (Å²) in [5.41, 5.74) is 0.424. The molecule has 0 aliphatic carbocycles. The lowest BCUT2D eigenvalue weighted by molar-refractivity contribution is -0.172. The fraction of sp³-hybridized carbons (Fsp3) is 0.222. The van der Waals surface area contributed by atoms with E-state index < -0.39 is 12.3 Å². The van der Waals surface area contributed by atoms with E-state index in [0.717, 1.165) is 6.21 Å². The highest BCUT2D eigenvalue weighted by atomic mass is 19.4. The van der Waals surface area contributed by atoms with E-state index in [4.69, 9.17) is 4.74 Å². The second kappa shape index (κ2) is 3.01. The average Bonchev–Trinajstić information content (AvgIpc) is 2.16. The molecular weight excluding hydrogens is 195 g/mol. The van der Waals surface area contributed by atoms with Gasteiger partial charge in [0.25, 0.3) is 0 Å². The Morgan fingerprint density at radius 1 is 1.21 bits per heavy atom. The van der Waals surface area contributed by atoms with Crippen LogP contribution in [-0.2, 0) is 0 Å². The van der Waals surface area contributed by atoms with Crippen molar-refractivity contribution in [1.82, 2.24) is 0 Å². The summed E-state index contributed by atoms with van der Waals surface area (Å²) in [7, 11) is 0. The highest BCUT2D eigenvalue weighted by Gasteiger charge is 2.42. The van der Waals surface area contributed by atoms with Crippen molar-refractivity contribution in [3.63, 3.8) is 0 Å². The van der Waals surface area contributed by atoms with Gasteiger partial charge >= 0.3 is 6.18 Å². The Morgan fingerprint density at radius 3 is 2.64 bits per heavy atom. The van der Waals surface area contributed by atoms with Gasteiger partial charge in [0.05, 0.1) is 6.21 Å². The van der Waals surface area contributed by atoms with E-state index in [1.54, 1.807) is 18.2 Å². The number of ether oxygens (including phenoxy) is 1. The van der Waals surface area contributed by atoms with Crippen molar-refractivity contribution in [2.75, 3.05) is 0 Å². The van der Waals surface area contributed by atoms with Crippen molar-refractivity contribution in [3.8, 4) is 5.75 Å². The van der Waals surface area contributed by atoms with Crippen molar-refractivity contribution in [1.29, 1.82) is 0 Å². The van der Waals surface area contributed by atoms with E-state index in [2.05, 4.69) is 4.99 Å². The van der Waals surface area contributed by atoms with Gasteiger partial charge in [0.15, 0.2) is 0 Å². The first kappa shape index (κ1) is 9.05.